The molecule has 2 aliphatic rings. The molecule has 0 N–H and O–H groups in total. The molecule has 2 aliphatic heterocycles. The Balaban J connectivity index is 1.95. The van der Waals surface area contributed by atoms with Gasteiger partial charge in [0, 0.05) is 50.1 Å². The lowest BCUT2D eigenvalue weighted by Crippen LogP contribution is -2.44. The second kappa shape index (κ2) is 6.16. The molecule has 1 atom stereocenters. The predicted molar refractivity (Wildman–Crippen MR) is 92.5 cm³/mol. The Labute approximate surface area is 136 Å². The van der Waals surface area contributed by atoms with Gasteiger partial charge >= 0.3 is 0 Å². The van der Waals surface area contributed by atoms with E-state index in [1.54, 1.807) is 11.1 Å². The number of nitrogens with zero attached hydrogens (tertiary/aromatic N) is 5. The van der Waals surface area contributed by atoms with E-state index >= 15 is 0 Å². The van der Waals surface area contributed by atoms with E-state index in [-0.39, 0.29) is 16.7 Å². The van der Waals surface area contributed by atoms with E-state index in [2.05, 4.69) is 21.9 Å². The van der Waals surface area contributed by atoms with Crippen molar-refractivity contribution >= 4 is 22.8 Å². The van der Waals surface area contributed by atoms with Gasteiger partial charge in [0.2, 0.25) is 0 Å². The molecule has 0 saturated carbocycles. The largest absolute Gasteiger partial charge is 0.369 e. The summed E-state index contributed by atoms with van der Waals surface area (Å²) in [6.07, 6.45) is 0.843. The molecule has 0 aliphatic carbocycles. The van der Waals surface area contributed by atoms with E-state index in [1.165, 1.54) is 0 Å². The van der Waals surface area contributed by atoms with E-state index in [0.29, 0.717) is 5.69 Å². The highest BCUT2D eigenvalue weighted by molar-refractivity contribution is 5.87. The Morgan fingerprint density at radius 3 is 2.52 bits per heavy atom. The van der Waals surface area contributed by atoms with Gasteiger partial charge in [-0.1, -0.05) is 0 Å². The molecule has 2 heterocycles. The van der Waals surface area contributed by atoms with Gasteiger partial charge in [0.1, 0.15) is 5.69 Å². The zero-order valence-corrected chi connectivity index (χ0v) is 13.9. The molecule has 23 heavy (non-hydrogen) atoms. The van der Waals surface area contributed by atoms with Crippen molar-refractivity contribution < 1.29 is 4.92 Å². The van der Waals surface area contributed by atoms with Gasteiger partial charge in [-0.2, -0.15) is 5.10 Å². The maximum absolute atomic E-state index is 11.4. The molecule has 7 heteroatoms. The van der Waals surface area contributed by atoms with Crippen LogP contribution in [0.5, 0.6) is 0 Å². The lowest BCUT2D eigenvalue weighted by molar-refractivity contribution is -0.384. The van der Waals surface area contributed by atoms with Crippen LogP contribution in [0.4, 0.5) is 17.1 Å². The minimum atomic E-state index is -0.320. The van der Waals surface area contributed by atoms with Gasteiger partial charge < -0.3 is 9.80 Å². The molecule has 124 valence electrons. The van der Waals surface area contributed by atoms with Crippen LogP contribution in [0, 0.1) is 10.1 Å². The van der Waals surface area contributed by atoms with Gasteiger partial charge in [0.05, 0.1) is 11.0 Å². The molecular formula is C16H23N5O2. The van der Waals surface area contributed by atoms with Crippen molar-refractivity contribution in [1.29, 1.82) is 0 Å². The molecule has 0 bridgehead atoms. The lowest BCUT2D eigenvalue weighted by Gasteiger charge is -2.34. The van der Waals surface area contributed by atoms with Crippen LogP contribution >= 0.6 is 0 Å². The monoisotopic (exact) mass is 317 g/mol. The van der Waals surface area contributed by atoms with Gasteiger partial charge in [0.15, 0.2) is 0 Å². The topological polar surface area (TPSA) is 65.2 Å². The number of hydrazone groups is 1. The first-order valence-electron chi connectivity index (χ1n) is 8.01. The van der Waals surface area contributed by atoms with E-state index in [1.807, 2.05) is 26.0 Å². The fourth-order valence-electron chi connectivity index (χ4n) is 3.24. The maximum Gasteiger partial charge on any atom is 0.294 e. The number of anilines is 2. The molecular weight excluding hydrogens is 294 g/mol. The first-order chi connectivity index (χ1) is 11.0. The average molecular weight is 317 g/mol. The van der Waals surface area contributed by atoms with Crippen molar-refractivity contribution in [2.75, 3.05) is 43.1 Å². The molecule has 1 aromatic carbocycles. The third-order valence-electron chi connectivity index (χ3n) is 4.56. The first kappa shape index (κ1) is 15.7. The summed E-state index contributed by atoms with van der Waals surface area (Å²) in [7, 11) is 2.11. The van der Waals surface area contributed by atoms with Crippen LogP contribution in [0.15, 0.2) is 23.3 Å². The summed E-state index contributed by atoms with van der Waals surface area (Å²) in [6, 6.07) is 5.53. The summed E-state index contributed by atoms with van der Waals surface area (Å²) in [4.78, 5) is 15.7. The average Bonchev–Trinajstić information content (AvgIpc) is 2.86. The van der Waals surface area contributed by atoms with Crippen molar-refractivity contribution in [3.63, 3.8) is 0 Å². The zero-order valence-electron chi connectivity index (χ0n) is 13.9. The number of hydrogen-bond donors (Lipinski definition) is 0. The Morgan fingerprint density at radius 1 is 1.26 bits per heavy atom. The van der Waals surface area contributed by atoms with Crippen molar-refractivity contribution in [1.82, 2.24) is 4.90 Å². The second-order valence-corrected chi connectivity index (χ2v) is 6.45. The summed E-state index contributed by atoms with van der Waals surface area (Å²) in [6.45, 7) is 7.89. The molecule has 1 aromatic rings. The summed E-state index contributed by atoms with van der Waals surface area (Å²) < 4.78 is 0. The van der Waals surface area contributed by atoms with E-state index in [9.17, 15) is 10.1 Å². The van der Waals surface area contributed by atoms with Crippen molar-refractivity contribution in [2.24, 2.45) is 5.10 Å². The van der Waals surface area contributed by atoms with E-state index in [0.717, 1.165) is 44.0 Å². The highest BCUT2D eigenvalue weighted by atomic mass is 16.6. The highest BCUT2D eigenvalue weighted by Crippen LogP contribution is 2.36. The Bertz CT molecular complexity index is 637. The van der Waals surface area contributed by atoms with Gasteiger partial charge in [-0.25, -0.2) is 0 Å². The third-order valence-corrected chi connectivity index (χ3v) is 4.56. The molecule has 1 saturated heterocycles. The molecule has 0 aromatic heterocycles. The van der Waals surface area contributed by atoms with Gasteiger partial charge in [-0.15, -0.1) is 0 Å². The van der Waals surface area contributed by atoms with Crippen LogP contribution in [-0.2, 0) is 0 Å². The minimum Gasteiger partial charge on any atom is -0.369 e. The molecule has 0 spiro atoms. The van der Waals surface area contributed by atoms with E-state index < -0.39 is 0 Å². The number of likely N-dealkylation sites (N-methyl/N-ethyl adjacent to an activating group) is 1. The van der Waals surface area contributed by atoms with Crippen molar-refractivity contribution in [3.05, 3.63) is 28.3 Å². The summed E-state index contributed by atoms with van der Waals surface area (Å²) in [5.41, 5.74) is 2.76. The zero-order chi connectivity index (χ0) is 16.6. The van der Waals surface area contributed by atoms with Crippen molar-refractivity contribution in [2.45, 2.75) is 26.3 Å². The number of nitro groups is 1. The SMILES string of the molecule is CC1=NN(c2cc(N3CCN(C)CC3)ccc2[N+](=O)[O-])[C@H](C)C1. The molecule has 0 amide bonds. The second-order valence-electron chi connectivity index (χ2n) is 6.45. The Kier molecular flexibility index (Phi) is 4.21. The van der Waals surface area contributed by atoms with Gasteiger partial charge in [-0.05, 0) is 33.0 Å². The lowest BCUT2D eigenvalue weighted by atomic mass is 10.1. The van der Waals surface area contributed by atoms with Crippen LogP contribution in [0.2, 0.25) is 0 Å². The molecule has 1 fully saturated rings. The van der Waals surface area contributed by atoms with E-state index in [4.69, 9.17) is 0 Å². The summed E-state index contributed by atoms with van der Waals surface area (Å²) >= 11 is 0. The maximum atomic E-state index is 11.4. The first-order valence-corrected chi connectivity index (χ1v) is 8.01. The Hall–Kier alpha value is -2.15. The summed E-state index contributed by atoms with van der Waals surface area (Å²) in [5.74, 6) is 0. The number of rotatable bonds is 3. The molecule has 0 radical (unpaired) electrons. The van der Waals surface area contributed by atoms with Crippen LogP contribution < -0.4 is 9.91 Å². The number of nitro benzene ring substituents is 1. The van der Waals surface area contributed by atoms with Crippen LogP contribution in [0.1, 0.15) is 20.3 Å². The standard InChI is InChI=1S/C16H23N5O2/c1-12-10-13(2)20(17-12)16-11-14(4-5-15(16)21(22)23)19-8-6-18(3)7-9-19/h4-5,11,13H,6-10H2,1-3H3/t13-/m1/s1. The van der Waals surface area contributed by atoms with Crippen LogP contribution in [-0.4, -0.2) is 54.8 Å². The fraction of sp³-hybridized carbons (Fsp3) is 0.562. The molecule has 0 unspecified atom stereocenters. The Morgan fingerprint density at radius 2 is 1.96 bits per heavy atom. The third kappa shape index (κ3) is 3.14. The normalized spacial score (nSPS) is 22.4. The number of benzene rings is 1. The molecule has 3 rings (SSSR count). The quantitative estimate of drug-likeness (QED) is 0.632. The predicted octanol–water partition coefficient (Wildman–Crippen LogP) is 2.32. The highest BCUT2D eigenvalue weighted by Gasteiger charge is 2.29. The fourth-order valence-corrected chi connectivity index (χ4v) is 3.24. The molecule has 7 nitrogen and oxygen atoms in total. The number of hydrogen-bond acceptors (Lipinski definition) is 6. The van der Waals surface area contributed by atoms with Crippen LogP contribution in [0.3, 0.4) is 0 Å². The van der Waals surface area contributed by atoms with Gasteiger partial charge in [0.25, 0.3) is 5.69 Å². The number of piperazine rings is 1. The minimum absolute atomic E-state index is 0.119. The van der Waals surface area contributed by atoms with Gasteiger partial charge in [-0.3, -0.25) is 15.1 Å². The van der Waals surface area contributed by atoms with Crippen molar-refractivity contribution in [3.8, 4) is 0 Å². The summed E-state index contributed by atoms with van der Waals surface area (Å²) in [5, 5.41) is 17.7. The van der Waals surface area contributed by atoms with Crippen LogP contribution in [0.25, 0.3) is 0 Å². The smallest absolute Gasteiger partial charge is 0.294 e.